The van der Waals surface area contributed by atoms with Crippen LogP contribution in [0, 0.1) is 11.8 Å². The lowest BCUT2D eigenvalue weighted by atomic mass is 9.98. The van der Waals surface area contributed by atoms with E-state index < -0.39 is 0 Å². The van der Waals surface area contributed by atoms with Crippen molar-refractivity contribution >= 4 is 5.91 Å². The van der Waals surface area contributed by atoms with Gasteiger partial charge in [0.2, 0.25) is 5.91 Å². The maximum atomic E-state index is 12.8. The van der Waals surface area contributed by atoms with Gasteiger partial charge in [-0.3, -0.25) is 10.2 Å². The second kappa shape index (κ2) is 7.45. The van der Waals surface area contributed by atoms with Crippen molar-refractivity contribution in [3.63, 3.8) is 0 Å². The zero-order valence-corrected chi connectivity index (χ0v) is 15.6. The summed E-state index contributed by atoms with van der Waals surface area (Å²) in [5.74, 6) is 2.79. The summed E-state index contributed by atoms with van der Waals surface area (Å²) in [5.41, 5.74) is 7.55. The van der Waals surface area contributed by atoms with Gasteiger partial charge in [-0.25, -0.2) is 5.43 Å². The van der Waals surface area contributed by atoms with Crippen molar-refractivity contribution in [2.24, 2.45) is 11.8 Å². The summed E-state index contributed by atoms with van der Waals surface area (Å²) in [7, 11) is 0. The van der Waals surface area contributed by atoms with Gasteiger partial charge in [-0.15, -0.1) is 0 Å². The number of hydrogen-bond acceptors (Lipinski definition) is 5. The minimum Gasteiger partial charge on any atom is -0.486 e. The smallest absolute Gasteiger partial charge is 0.239 e. The van der Waals surface area contributed by atoms with Crippen LogP contribution in [0.2, 0.25) is 0 Å². The molecule has 3 atom stereocenters. The van der Waals surface area contributed by atoms with E-state index in [9.17, 15) is 4.79 Å². The van der Waals surface area contributed by atoms with Crippen LogP contribution in [0.4, 0.5) is 0 Å². The van der Waals surface area contributed by atoms with Crippen LogP contribution in [0.25, 0.3) is 0 Å². The Kier molecular flexibility index (Phi) is 5.05. The Morgan fingerprint density at radius 2 is 1.96 bits per heavy atom. The van der Waals surface area contributed by atoms with Crippen molar-refractivity contribution in [3.05, 3.63) is 23.8 Å². The summed E-state index contributed by atoms with van der Waals surface area (Å²) in [6, 6.07) is 6.28. The summed E-state index contributed by atoms with van der Waals surface area (Å²) < 4.78 is 11.3. The standard InChI is InChI=1S/C20H29N3O3/c1-12(2)9-15-11-16(23-22-15)20(24)21-19(13-3-4-13)14-5-6-17-18(10-14)26-8-7-25-17/h5-6,10,12-13,15-16,19,22-23H,3-4,7-9,11H2,1-2H3,(H,21,24). The Morgan fingerprint density at radius 3 is 2.69 bits per heavy atom. The van der Waals surface area contributed by atoms with E-state index in [1.807, 2.05) is 12.1 Å². The molecular formula is C20H29N3O3. The van der Waals surface area contributed by atoms with Crippen LogP contribution in [0.5, 0.6) is 11.5 Å². The van der Waals surface area contributed by atoms with Crippen LogP contribution >= 0.6 is 0 Å². The molecule has 6 nitrogen and oxygen atoms in total. The Morgan fingerprint density at radius 1 is 1.19 bits per heavy atom. The van der Waals surface area contributed by atoms with Crippen molar-refractivity contribution in [3.8, 4) is 11.5 Å². The Hall–Kier alpha value is -1.79. The van der Waals surface area contributed by atoms with E-state index in [0.717, 1.165) is 42.7 Å². The molecule has 0 radical (unpaired) electrons. The van der Waals surface area contributed by atoms with Crippen LogP contribution in [0.15, 0.2) is 18.2 Å². The number of benzene rings is 1. The fourth-order valence-corrected chi connectivity index (χ4v) is 3.93. The molecule has 1 aromatic carbocycles. The lowest BCUT2D eigenvalue weighted by Crippen LogP contribution is -2.45. The average molecular weight is 359 g/mol. The maximum absolute atomic E-state index is 12.8. The highest BCUT2D eigenvalue weighted by molar-refractivity contribution is 5.82. The molecule has 4 rings (SSSR count). The molecule has 2 aliphatic heterocycles. The van der Waals surface area contributed by atoms with Gasteiger partial charge in [-0.05, 0) is 55.2 Å². The summed E-state index contributed by atoms with van der Waals surface area (Å²) in [6.45, 7) is 5.58. The van der Waals surface area contributed by atoms with Crippen LogP contribution in [0.3, 0.4) is 0 Å². The zero-order valence-electron chi connectivity index (χ0n) is 15.6. The molecule has 1 saturated heterocycles. The van der Waals surface area contributed by atoms with Gasteiger partial charge in [0, 0.05) is 6.04 Å². The highest BCUT2D eigenvalue weighted by Gasteiger charge is 2.37. The fraction of sp³-hybridized carbons (Fsp3) is 0.650. The molecule has 2 heterocycles. The molecule has 3 N–H and O–H groups in total. The summed E-state index contributed by atoms with van der Waals surface area (Å²) in [4.78, 5) is 12.8. The van der Waals surface area contributed by atoms with Gasteiger partial charge in [0.15, 0.2) is 11.5 Å². The maximum Gasteiger partial charge on any atom is 0.239 e. The van der Waals surface area contributed by atoms with Gasteiger partial charge in [-0.2, -0.15) is 0 Å². The predicted octanol–water partition coefficient (Wildman–Crippen LogP) is 2.31. The van der Waals surface area contributed by atoms with E-state index >= 15 is 0 Å². The third-order valence-electron chi connectivity index (χ3n) is 5.37. The van der Waals surface area contributed by atoms with Crippen LogP contribution < -0.4 is 25.6 Å². The molecule has 0 aromatic heterocycles. The summed E-state index contributed by atoms with van der Waals surface area (Å²) in [5, 5.41) is 3.28. The highest BCUT2D eigenvalue weighted by Crippen LogP contribution is 2.43. The quantitative estimate of drug-likeness (QED) is 0.727. The Labute approximate surface area is 155 Å². The number of fused-ring (bicyclic) bond motifs is 1. The Bertz CT molecular complexity index is 660. The van der Waals surface area contributed by atoms with Gasteiger partial charge in [0.25, 0.3) is 0 Å². The normalized spacial score (nSPS) is 26.0. The number of carbonyl (C=O) groups excluding carboxylic acids is 1. The number of nitrogens with one attached hydrogen (secondary N) is 3. The second-order valence-corrected chi connectivity index (χ2v) is 8.13. The average Bonchev–Trinajstić information content (AvgIpc) is 3.37. The minimum atomic E-state index is -0.169. The Balaban J connectivity index is 1.42. The third-order valence-corrected chi connectivity index (χ3v) is 5.37. The molecule has 6 heteroatoms. The van der Waals surface area contributed by atoms with E-state index in [-0.39, 0.29) is 18.0 Å². The van der Waals surface area contributed by atoms with Gasteiger partial charge in [-0.1, -0.05) is 19.9 Å². The lowest BCUT2D eigenvalue weighted by molar-refractivity contribution is -0.123. The molecule has 26 heavy (non-hydrogen) atoms. The van der Waals surface area contributed by atoms with Crippen molar-refractivity contribution < 1.29 is 14.3 Å². The number of ether oxygens (including phenoxy) is 2. The molecule has 1 amide bonds. The molecule has 3 unspecified atom stereocenters. The first-order chi connectivity index (χ1) is 12.6. The molecule has 1 saturated carbocycles. The fourth-order valence-electron chi connectivity index (χ4n) is 3.93. The molecule has 3 aliphatic rings. The van der Waals surface area contributed by atoms with Crippen LogP contribution in [-0.4, -0.2) is 31.2 Å². The van der Waals surface area contributed by atoms with Gasteiger partial charge < -0.3 is 14.8 Å². The van der Waals surface area contributed by atoms with Crippen LogP contribution in [0.1, 0.15) is 51.1 Å². The van der Waals surface area contributed by atoms with Gasteiger partial charge in [0.1, 0.15) is 19.3 Å². The van der Waals surface area contributed by atoms with Crippen molar-refractivity contribution in [2.45, 2.75) is 57.7 Å². The highest BCUT2D eigenvalue weighted by atomic mass is 16.6. The first-order valence-corrected chi connectivity index (χ1v) is 9.81. The van der Waals surface area contributed by atoms with E-state index in [2.05, 4.69) is 36.1 Å². The first kappa shape index (κ1) is 17.6. The summed E-state index contributed by atoms with van der Waals surface area (Å²) >= 11 is 0. The molecule has 142 valence electrons. The monoisotopic (exact) mass is 359 g/mol. The van der Waals surface area contributed by atoms with E-state index in [0.29, 0.717) is 31.1 Å². The molecule has 0 bridgehead atoms. The predicted molar refractivity (Wildman–Crippen MR) is 99.0 cm³/mol. The lowest BCUT2D eigenvalue weighted by Gasteiger charge is -2.24. The SMILES string of the molecule is CC(C)CC1CC(C(=O)NC(c2ccc3c(c2)OCCO3)C2CC2)NN1. The molecular weight excluding hydrogens is 330 g/mol. The van der Waals surface area contributed by atoms with Crippen molar-refractivity contribution in [2.75, 3.05) is 13.2 Å². The van der Waals surface area contributed by atoms with E-state index in [4.69, 9.17) is 9.47 Å². The number of hydrazine groups is 1. The molecule has 1 aliphatic carbocycles. The molecule has 1 aromatic rings. The van der Waals surface area contributed by atoms with E-state index in [1.165, 1.54) is 0 Å². The number of carbonyl (C=O) groups is 1. The van der Waals surface area contributed by atoms with Gasteiger partial charge >= 0.3 is 0 Å². The van der Waals surface area contributed by atoms with Gasteiger partial charge in [0.05, 0.1) is 6.04 Å². The largest absolute Gasteiger partial charge is 0.486 e. The summed E-state index contributed by atoms with van der Waals surface area (Å²) in [6.07, 6.45) is 4.23. The zero-order chi connectivity index (χ0) is 18.1. The third kappa shape index (κ3) is 3.96. The second-order valence-electron chi connectivity index (χ2n) is 8.13. The van der Waals surface area contributed by atoms with Crippen molar-refractivity contribution in [1.29, 1.82) is 0 Å². The topological polar surface area (TPSA) is 71.6 Å². The van der Waals surface area contributed by atoms with E-state index in [1.54, 1.807) is 0 Å². The first-order valence-electron chi connectivity index (χ1n) is 9.81. The van der Waals surface area contributed by atoms with Crippen molar-refractivity contribution in [1.82, 2.24) is 16.2 Å². The molecule has 2 fully saturated rings. The minimum absolute atomic E-state index is 0.0456. The number of rotatable bonds is 6. The molecule has 0 spiro atoms. The number of amides is 1. The number of hydrogen-bond donors (Lipinski definition) is 3. The van der Waals surface area contributed by atoms with Crippen LogP contribution in [-0.2, 0) is 4.79 Å².